The Kier molecular flexibility index (Phi) is 5.94. The summed E-state index contributed by atoms with van der Waals surface area (Å²) < 4.78 is 0. The summed E-state index contributed by atoms with van der Waals surface area (Å²) in [6.07, 6.45) is 3.70. The lowest BCUT2D eigenvalue weighted by atomic mass is 10.2. The van der Waals surface area contributed by atoms with Crippen LogP contribution in [-0.4, -0.2) is 46.0 Å². The Morgan fingerprint density at radius 3 is 2.66 bits per heavy atom. The first kappa shape index (κ1) is 20.8. The fraction of sp³-hybridized carbons (Fsp3) is 0.250. The summed E-state index contributed by atoms with van der Waals surface area (Å²) in [6.45, 7) is 7.27. The molecule has 1 aliphatic heterocycles. The molecule has 1 fully saturated rings. The Balaban J connectivity index is 1.30. The smallest absolute Gasteiger partial charge is 0.229 e. The lowest BCUT2D eigenvalue weighted by molar-refractivity contribution is 0.233. The molecule has 0 radical (unpaired) electrons. The van der Waals surface area contributed by atoms with E-state index in [2.05, 4.69) is 55.1 Å². The predicted octanol–water partition coefficient (Wildman–Crippen LogP) is 4.81. The summed E-state index contributed by atoms with van der Waals surface area (Å²) in [5.41, 5.74) is 5.07. The molecule has 4 N–H and O–H groups in total. The average molecular weight is 448 g/mol. The first-order chi connectivity index (χ1) is 15.7. The molecule has 1 saturated heterocycles. The van der Waals surface area contributed by atoms with Gasteiger partial charge in [-0.05, 0) is 42.8 Å². The third kappa shape index (κ3) is 4.55. The van der Waals surface area contributed by atoms with E-state index in [9.17, 15) is 0 Å². The number of piperazine rings is 1. The van der Waals surface area contributed by atoms with Gasteiger partial charge in [-0.15, -0.1) is 0 Å². The minimum atomic E-state index is 0.548. The van der Waals surface area contributed by atoms with Crippen molar-refractivity contribution in [2.75, 3.05) is 36.8 Å². The molecule has 0 aliphatic carbocycles. The van der Waals surface area contributed by atoms with Crippen molar-refractivity contribution < 1.29 is 0 Å². The van der Waals surface area contributed by atoms with Crippen LogP contribution in [0.2, 0.25) is 5.02 Å². The summed E-state index contributed by atoms with van der Waals surface area (Å²) in [5.74, 6) is 1.30. The zero-order valence-corrected chi connectivity index (χ0v) is 18.7. The quantitative estimate of drug-likeness (QED) is 0.339. The minimum absolute atomic E-state index is 0.548. The molecule has 0 amide bonds. The van der Waals surface area contributed by atoms with E-state index in [0.29, 0.717) is 11.0 Å². The molecule has 0 atom stereocenters. The van der Waals surface area contributed by atoms with Crippen molar-refractivity contribution in [3.63, 3.8) is 0 Å². The van der Waals surface area contributed by atoms with Crippen LogP contribution >= 0.6 is 11.6 Å². The zero-order valence-electron chi connectivity index (χ0n) is 18.0. The van der Waals surface area contributed by atoms with Crippen LogP contribution in [-0.2, 0) is 6.54 Å². The number of rotatable bonds is 6. The molecule has 2 aromatic carbocycles. The third-order valence-electron chi connectivity index (χ3n) is 5.72. The van der Waals surface area contributed by atoms with Crippen LogP contribution in [0.25, 0.3) is 10.9 Å². The van der Waals surface area contributed by atoms with Gasteiger partial charge in [0.1, 0.15) is 5.82 Å². The van der Waals surface area contributed by atoms with Crippen molar-refractivity contribution in [2.24, 2.45) is 0 Å². The number of fused-ring (bicyclic) bond motifs is 1. The van der Waals surface area contributed by atoms with Gasteiger partial charge in [0.05, 0.1) is 10.5 Å². The van der Waals surface area contributed by atoms with E-state index in [4.69, 9.17) is 16.6 Å². The van der Waals surface area contributed by atoms with Crippen molar-refractivity contribution >= 4 is 45.6 Å². The molecule has 2 aromatic heterocycles. The Bertz CT molecular complexity index is 1210. The largest absolute Gasteiger partial charge is 0.360 e. The van der Waals surface area contributed by atoms with Crippen LogP contribution in [0.1, 0.15) is 11.1 Å². The number of benzene rings is 2. The third-order valence-corrected chi connectivity index (χ3v) is 6.04. The summed E-state index contributed by atoms with van der Waals surface area (Å²) >= 11 is 6.29. The van der Waals surface area contributed by atoms with Crippen molar-refractivity contribution in [1.82, 2.24) is 25.2 Å². The van der Waals surface area contributed by atoms with Crippen LogP contribution in [0, 0.1) is 6.92 Å². The summed E-state index contributed by atoms with van der Waals surface area (Å²) in [7, 11) is 0. The molecule has 0 unspecified atom stereocenters. The number of H-pyrrole nitrogens is 1. The monoisotopic (exact) mass is 447 g/mol. The SMILES string of the molecule is Cc1cnc(Nc2ccc(CN3CCNCC3)cc2)nc1Nc1ccc(Cl)c2[nH]ccc12. The number of hydrogen-bond acceptors (Lipinski definition) is 6. The number of anilines is 4. The van der Waals surface area contributed by atoms with Crippen LogP contribution in [0.4, 0.5) is 23.1 Å². The second-order valence-corrected chi connectivity index (χ2v) is 8.47. The van der Waals surface area contributed by atoms with E-state index >= 15 is 0 Å². The lowest BCUT2D eigenvalue weighted by Gasteiger charge is -2.27. The second-order valence-electron chi connectivity index (χ2n) is 8.06. The van der Waals surface area contributed by atoms with E-state index in [1.807, 2.05) is 37.5 Å². The number of aryl methyl sites for hydroxylation is 1. The van der Waals surface area contributed by atoms with Crippen LogP contribution < -0.4 is 16.0 Å². The predicted molar refractivity (Wildman–Crippen MR) is 131 cm³/mol. The molecule has 0 bridgehead atoms. The van der Waals surface area contributed by atoms with Crippen LogP contribution in [0.15, 0.2) is 54.9 Å². The van der Waals surface area contributed by atoms with Gasteiger partial charge in [0, 0.05) is 67.4 Å². The number of aromatic nitrogens is 3. The Morgan fingerprint density at radius 1 is 1.03 bits per heavy atom. The van der Waals surface area contributed by atoms with Gasteiger partial charge in [-0.3, -0.25) is 4.90 Å². The number of nitrogens with one attached hydrogen (secondary N) is 4. The molecule has 32 heavy (non-hydrogen) atoms. The highest BCUT2D eigenvalue weighted by Gasteiger charge is 2.11. The molecule has 0 saturated carbocycles. The molecule has 1 aliphatic rings. The van der Waals surface area contributed by atoms with E-state index in [1.54, 1.807) is 0 Å². The molecule has 164 valence electrons. The number of hydrogen-bond donors (Lipinski definition) is 4. The van der Waals surface area contributed by atoms with Crippen molar-refractivity contribution in [1.29, 1.82) is 0 Å². The molecular formula is C24H26ClN7. The summed E-state index contributed by atoms with van der Waals surface area (Å²) in [4.78, 5) is 14.8. The van der Waals surface area contributed by atoms with Gasteiger partial charge < -0.3 is 20.9 Å². The second kappa shape index (κ2) is 9.16. The molecule has 7 nitrogen and oxygen atoms in total. The van der Waals surface area contributed by atoms with Gasteiger partial charge in [0.2, 0.25) is 5.95 Å². The van der Waals surface area contributed by atoms with E-state index < -0.39 is 0 Å². The van der Waals surface area contributed by atoms with Gasteiger partial charge in [-0.25, -0.2) is 4.98 Å². The zero-order chi connectivity index (χ0) is 21.9. The van der Waals surface area contributed by atoms with Gasteiger partial charge >= 0.3 is 0 Å². The molecule has 0 spiro atoms. The molecule has 8 heteroatoms. The van der Waals surface area contributed by atoms with Gasteiger partial charge in [0.25, 0.3) is 0 Å². The highest BCUT2D eigenvalue weighted by atomic mass is 35.5. The minimum Gasteiger partial charge on any atom is -0.360 e. The normalized spacial score (nSPS) is 14.6. The van der Waals surface area contributed by atoms with E-state index in [-0.39, 0.29) is 0 Å². The van der Waals surface area contributed by atoms with Crippen molar-refractivity contribution in [3.8, 4) is 0 Å². The first-order valence-corrected chi connectivity index (χ1v) is 11.2. The molecule has 5 rings (SSSR count). The van der Waals surface area contributed by atoms with Gasteiger partial charge in [0.15, 0.2) is 0 Å². The van der Waals surface area contributed by atoms with Crippen LogP contribution in [0.3, 0.4) is 0 Å². The fourth-order valence-corrected chi connectivity index (χ4v) is 4.16. The highest BCUT2D eigenvalue weighted by Crippen LogP contribution is 2.31. The number of halogens is 1. The maximum atomic E-state index is 6.29. The number of aromatic amines is 1. The van der Waals surface area contributed by atoms with E-state index in [0.717, 1.165) is 66.4 Å². The maximum Gasteiger partial charge on any atom is 0.229 e. The summed E-state index contributed by atoms with van der Waals surface area (Å²) in [6, 6.07) is 14.3. The highest BCUT2D eigenvalue weighted by molar-refractivity contribution is 6.35. The van der Waals surface area contributed by atoms with Crippen molar-refractivity contribution in [3.05, 3.63) is 71.0 Å². The van der Waals surface area contributed by atoms with E-state index in [1.165, 1.54) is 5.56 Å². The summed E-state index contributed by atoms with van der Waals surface area (Å²) in [5, 5.41) is 11.8. The lowest BCUT2D eigenvalue weighted by Crippen LogP contribution is -2.42. The number of nitrogens with zero attached hydrogens (tertiary/aromatic N) is 3. The average Bonchev–Trinajstić information content (AvgIpc) is 3.31. The molecule has 3 heterocycles. The Morgan fingerprint density at radius 2 is 1.84 bits per heavy atom. The van der Waals surface area contributed by atoms with Gasteiger partial charge in [-0.1, -0.05) is 23.7 Å². The molecular weight excluding hydrogens is 422 g/mol. The first-order valence-electron chi connectivity index (χ1n) is 10.8. The maximum absolute atomic E-state index is 6.29. The molecule has 4 aromatic rings. The fourth-order valence-electron chi connectivity index (χ4n) is 3.94. The van der Waals surface area contributed by atoms with Gasteiger partial charge in [-0.2, -0.15) is 4.98 Å². The Hall–Kier alpha value is -3.13. The standard InChI is InChI=1S/C24H26ClN7/c1-16-14-28-24(29-18-4-2-17(3-5-18)15-32-12-10-26-11-13-32)31-23(16)30-21-7-6-20(25)22-19(21)8-9-27-22/h2-9,14,26-27H,10-13,15H2,1H3,(H2,28,29,30,31). The van der Waals surface area contributed by atoms with Crippen LogP contribution in [0.5, 0.6) is 0 Å². The van der Waals surface area contributed by atoms with Crippen molar-refractivity contribution in [2.45, 2.75) is 13.5 Å². The Labute approximate surface area is 192 Å². The topological polar surface area (TPSA) is 80.9 Å².